The number of nitrogens with zero attached hydrogens (tertiary/aromatic N) is 1. The van der Waals surface area contributed by atoms with Gasteiger partial charge in [0.25, 0.3) is 10.0 Å². The fourth-order valence-corrected chi connectivity index (χ4v) is 4.94. The average molecular weight is 451 g/mol. The van der Waals surface area contributed by atoms with Gasteiger partial charge >= 0.3 is 0 Å². The molecule has 5 nitrogen and oxygen atoms in total. The molecule has 1 atom stereocenters. The van der Waals surface area contributed by atoms with Crippen molar-refractivity contribution in [2.45, 2.75) is 45.1 Å². The molecule has 6 heteroatoms. The number of nitrogens with one attached hydrogen (secondary N) is 1. The highest BCUT2D eigenvalue weighted by atomic mass is 32.2. The van der Waals surface area contributed by atoms with Crippen LogP contribution in [0.3, 0.4) is 0 Å². The molecule has 0 aliphatic carbocycles. The number of carbonyl (C=O) groups excluding carboxylic acids is 1. The summed E-state index contributed by atoms with van der Waals surface area (Å²) in [6.45, 7) is 7.68. The first-order valence-electron chi connectivity index (χ1n) is 10.7. The van der Waals surface area contributed by atoms with E-state index in [4.69, 9.17) is 0 Å². The number of para-hydroxylation sites is 1. The van der Waals surface area contributed by atoms with Crippen molar-refractivity contribution in [3.8, 4) is 0 Å². The predicted octanol–water partition coefficient (Wildman–Crippen LogP) is 5.07. The van der Waals surface area contributed by atoms with Gasteiger partial charge in [0.1, 0.15) is 6.54 Å². The van der Waals surface area contributed by atoms with Crippen LogP contribution in [0.5, 0.6) is 0 Å². The molecule has 3 aromatic rings. The highest BCUT2D eigenvalue weighted by Crippen LogP contribution is 2.24. The first-order valence-corrected chi connectivity index (χ1v) is 12.2. The Hall–Kier alpha value is -3.12. The molecule has 1 amide bonds. The minimum atomic E-state index is -3.91. The molecule has 1 unspecified atom stereocenters. The number of amides is 1. The number of sulfonamides is 1. The Balaban J connectivity index is 1.88. The molecule has 0 saturated carbocycles. The van der Waals surface area contributed by atoms with Gasteiger partial charge in [0.2, 0.25) is 5.91 Å². The lowest BCUT2D eigenvalue weighted by Crippen LogP contribution is -2.42. The van der Waals surface area contributed by atoms with Crippen LogP contribution in [0, 0.1) is 20.8 Å². The average Bonchev–Trinajstić information content (AvgIpc) is 2.78. The summed E-state index contributed by atoms with van der Waals surface area (Å²) in [5, 5.41) is 3.02. The summed E-state index contributed by atoms with van der Waals surface area (Å²) in [4.78, 5) is 13.2. The van der Waals surface area contributed by atoms with Crippen LogP contribution < -0.4 is 9.62 Å². The summed E-state index contributed by atoms with van der Waals surface area (Å²) in [6, 6.07) is 21.3. The normalized spacial score (nSPS) is 12.2. The zero-order chi connectivity index (χ0) is 23.3. The Morgan fingerprint density at radius 2 is 1.56 bits per heavy atom. The molecule has 32 heavy (non-hydrogen) atoms. The first-order chi connectivity index (χ1) is 15.2. The molecule has 0 aliphatic heterocycles. The maximum absolute atomic E-state index is 13.4. The van der Waals surface area contributed by atoms with Gasteiger partial charge in [-0.15, -0.1) is 0 Å². The van der Waals surface area contributed by atoms with Gasteiger partial charge in [0.05, 0.1) is 16.6 Å². The Kier molecular flexibility index (Phi) is 7.36. The Morgan fingerprint density at radius 1 is 0.906 bits per heavy atom. The van der Waals surface area contributed by atoms with Gasteiger partial charge in [-0.1, -0.05) is 61.0 Å². The molecule has 3 aromatic carbocycles. The molecule has 1 N–H and O–H groups in total. The predicted molar refractivity (Wildman–Crippen MR) is 129 cm³/mol. The van der Waals surface area contributed by atoms with E-state index in [1.54, 1.807) is 48.5 Å². The fourth-order valence-electron chi connectivity index (χ4n) is 3.52. The minimum absolute atomic E-state index is 0.154. The van der Waals surface area contributed by atoms with Gasteiger partial charge in [-0.25, -0.2) is 8.42 Å². The van der Waals surface area contributed by atoms with Crippen molar-refractivity contribution < 1.29 is 13.2 Å². The zero-order valence-electron chi connectivity index (χ0n) is 19.0. The number of rotatable bonds is 8. The monoisotopic (exact) mass is 450 g/mol. The van der Waals surface area contributed by atoms with E-state index in [2.05, 4.69) is 11.4 Å². The van der Waals surface area contributed by atoms with Gasteiger partial charge < -0.3 is 5.32 Å². The molecular formula is C26H30N2O3S. The van der Waals surface area contributed by atoms with Crippen molar-refractivity contribution >= 4 is 21.6 Å². The van der Waals surface area contributed by atoms with Gasteiger partial charge in [0.15, 0.2) is 0 Å². The van der Waals surface area contributed by atoms with Gasteiger partial charge in [-0.3, -0.25) is 9.10 Å². The quantitative estimate of drug-likeness (QED) is 0.521. The molecule has 0 bridgehead atoms. The minimum Gasteiger partial charge on any atom is -0.348 e. The largest absolute Gasteiger partial charge is 0.348 e. The third-order valence-electron chi connectivity index (χ3n) is 5.62. The second-order valence-corrected chi connectivity index (χ2v) is 9.89. The molecular weight excluding hydrogens is 420 g/mol. The highest BCUT2D eigenvalue weighted by molar-refractivity contribution is 7.92. The number of benzene rings is 3. The fraction of sp³-hybridized carbons (Fsp3) is 0.269. The van der Waals surface area contributed by atoms with E-state index >= 15 is 0 Å². The van der Waals surface area contributed by atoms with Crippen LogP contribution in [0.25, 0.3) is 0 Å². The second kappa shape index (κ2) is 10.0. The van der Waals surface area contributed by atoms with E-state index in [-0.39, 0.29) is 23.4 Å². The lowest BCUT2D eigenvalue weighted by molar-refractivity contribution is -0.120. The highest BCUT2D eigenvalue weighted by Gasteiger charge is 2.28. The molecule has 0 spiro atoms. The molecule has 168 valence electrons. The molecule has 0 fully saturated rings. The summed E-state index contributed by atoms with van der Waals surface area (Å²) < 4.78 is 28.0. The third kappa shape index (κ3) is 5.37. The Bertz CT molecular complexity index is 1170. The topological polar surface area (TPSA) is 66.5 Å². The molecule has 0 saturated heterocycles. The SMILES string of the molecule is CCC(NC(=O)CN(c1ccccc1)S(=O)(=O)c1ccc(C)cc1)c1ccc(C)c(C)c1. The van der Waals surface area contributed by atoms with E-state index in [1.165, 1.54) is 9.87 Å². The summed E-state index contributed by atoms with van der Waals surface area (Å²) in [6.07, 6.45) is 0.699. The van der Waals surface area contributed by atoms with Crippen LogP contribution in [0.15, 0.2) is 77.7 Å². The van der Waals surface area contributed by atoms with Crippen molar-refractivity contribution in [3.05, 3.63) is 95.1 Å². The molecule has 0 heterocycles. The smallest absolute Gasteiger partial charge is 0.264 e. The van der Waals surface area contributed by atoms with Crippen LogP contribution >= 0.6 is 0 Å². The summed E-state index contributed by atoms with van der Waals surface area (Å²) in [5.41, 5.74) is 4.77. The van der Waals surface area contributed by atoms with Crippen LogP contribution in [-0.2, 0) is 14.8 Å². The van der Waals surface area contributed by atoms with Crippen LogP contribution in [0.2, 0.25) is 0 Å². The summed E-state index contributed by atoms with van der Waals surface area (Å²) in [5.74, 6) is -0.352. The van der Waals surface area contributed by atoms with E-state index in [0.29, 0.717) is 12.1 Å². The molecule has 0 aromatic heterocycles. The Labute approximate surface area is 191 Å². The van der Waals surface area contributed by atoms with Gasteiger partial charge in [0, 0.05) is 0 Å². The van der Waals surface area contributed by atoms with E-state index in [9.17, 15) is 13.2 Å². The van der Waals surface area contributed by atoms with Crippen molar-refractivity contribution in [2.24, 2.45) is 0 Å². The molecule has 0 aliphatic rings. The lowest BCUT2D eigenvalue weighted by Gasteiger charge is -2.26. The first kappa shape index (κ1) is 23.5. The lowest BCUT2D eigenvalue weighted by atomic mass is 9.99. The van der Waals surface area contributed by atoms with Crippen molar-refractivity contribution in [3.63, 3.8) is 0 Å². The maximum atomic E-state index is 13.4. The Morgan fingerprint density at radius 3 is 2.16 bits per heavy atom. The van der Waals surface area contributed by atoms with Crippen LogP contribution in [0.4, 0.5) is 5.69 Å². The molecule has 3 rings (SSSR count). The standard InChI is InChI=1S/C26H30N2O3S/c1-5-25(22-14-13-20(3)21(4)17-22)27-26(29)18-28(23-9-7-6-8-10-23)32(30,31)24-15-11-19(2)12-16-24/h6-17,25H,5,18H2,1-4H3,(H,27,29). The van der Waals surface area contributed by atoms with E-state index < -0.39 is 10.0 Å². The summed E-state index contributed by atoms with van der Waals surface area (Å²) >= 11 is 0. The van der Waals surface area contributed by atoms with E-state index in [0.717, 1.165) is 16.7 Å². The second-order valence-electron chi connectivity index (χ2n) is 8.03. The van der Waals surface area contributed by atoms with Gasteiger partial charge in [-0.05, 0) is 68.1 Å². The van der Waals surface area contributed by atoms with Gasteiger partial charge in [-0.2, -0.15) is 0 Å². The number of hydrogen-bond donors (Lipinski definition) is 1. The summed E-state index contributed by atoms with van der Waals surface area (Å²) in [7, 11) is -3.91. The maximum Gasteiger partial charge on any atom is 0.264 e. The van der Waals surface area contributed by atoms with Crippen LogP contribution in [0.1, 0.15) is 41.6 Å². The molecule has 0 radical (unpaired) electrons. The van der Waals surface area contributed by atoms with Crippen molar-refractivity contribution in [1.82, 2.24) is 5.32 Å². The van der Waals surface area contributed by atoms with Crippen molar-refractivity contribution in [1.29, 1.82) is 0 Å². The number of carbonyl (C=O) groups is 1. The van der Waals surface area contributed by atoms with E-state index in [1.807, 2.05) is 45.9 Å². The number of aryl methyl sites for hydroxylation is 3. The zero-order valence-corrected chi connectivity index (χ0v) is 19.8. The van der Waals surface area contributed by atoms with Crippen molar-refractivity contribution in [2.75, 3.05) is 10.8 Å². The number of hydrogen-bond acceptors (Lipinski definition) is 3. The number of anilines is 1. The third-order valence-corrected chi connectivity index (χ3v) is 7.41. The van der Waals surface area contributed by atoms with Crippen LogP contribution in [-0.4, -0.2) is 20.9 Å².